The number of nitrogens with zero attached hydrogens (tertiary/aromatic N) is 5. The third-order valence-corrected chi connectivity index (χ3v) is 2.26. The molecule has 8 heteroatoms. The normalized spacial score (nSPS) is 17.1. The van der Waals surface area contributed by atoms with E-state index in [0.29, 0.717) is 0 Å². The molecule has 1 aliphatic heterocycles. The van der Waals surface area contributed by atoms with E-state index in [2.05, 4.69) is 10.0 Å². The molecule has 0 radical (unpaired) electrons. The van der Waals surface area contributed by atoms with Crippen molar-refractivity contribution < 1.29 is 9.59 Å². The van der Waals surface area contributed by atoms with Crippen molar-refractivity contribution in [2.75, 3.05) is 13.7 Å². The van der Waals surface area contributed by atoms with Gasteiger partial charge in [-0.15, -0.1) is 0 Å². The van der Waals surface area contributed by atoms with Crippen molar-refractivity contribution in [1.29, 1.82) is 0 Å². The number of thiocarbonyl (C=S) groups is 1. The quantitative estimate of drug-likeness (QED) is 0.216. The zero-order valence-corrected chi connectivity index (χ0v) is 8.19. The number of azide groups is 1. The average Bonchev–Trinajstić information content (AvgIpc) is 2.14. The highest BCUT2D eigenvalue weighted by atomic mass is 32.1. The molecule has 0 aromatic heterocycles. The van der Waals surface area contributed by atoms with Gasteiger partial charge in [0.15, 0.2) is 5.11 Å². The number of carbonyl (C=O) groups is 2. The topological polar surface area (TPSA) is 89.4 Å². The van der Waals surface area contributed by atoms with Gasteiger partial charge in [-0.2, -0.15) is 0 Å². The van der Waals surface area contributed by atoms with Crippen LogP contribution in [0.2, 0.25) is 0 Å². The third-order valence-electron chi connectivity index (χ3n) is 1.76. The van der Waals surface area contributed by atoms with Crippen LogP contribution in [0.25, 0.3) is 10.4 Å². The van der Waals surface area contributed by atoms with E-state index in [9.17, 15) is 9.59 Å². The summed E-state index contributed by atoms with van der Waals surface area (Å²) in [6, 6.07) is 0. The molecule has 1 rings (SSSR count). The Morgan fingerprint density at radius 3 is 2.79 bits per heavy atom. The van der Waals surface area contributed by atoms with E-state index in [-0.39, 0.29) is 24.1 Å². The number of rotatable bonds is 2. The van der Waals surface area contributed by atoms with Crippen molar-refractivity contribution in [1.82, 2.24) is 9.80 Å². The fourth-order valence-corrected chi connectivity index (χ4v) is 1.23. The van der Waals surface area contributed by atoms with Crippen molar-refractivity contribution in [3.8, 4) is 0 Å². The number of amides is 2. The van der Waals surface area contributed by atoms with Gasteiger partial charge < -0.3 is 0 Å². The standard InChI is InChI=1S/C6H7N5O2S/c1-10-4(12)2-5(13)11(6(10)14)3-8-9-7/h2-3H2,1H3. The number of hydrogen-bond donors (Lipinski definition) is 0. The first-order chi connectivity index (χ1) is 6.57. The van der Waals surface area contributed by atoms with E-state index in [1.165, 1.54) is 11.9 Å². The average molecular weight is 213 g/mol. The Bertz CT molecular complexity index is 348. The highest BCUT2D eigenvalue weighted by Crippen LogP contribution is 2.10. The minimum atomic E-state index is -0.439. The Kier molecular flexibility index (Phi) is 3.00. The summed E-state index contributed by atoms with van der Waals surface area (Å²) >= 11 is 4.84. The van der Waals surface area contributed by atoms with Crippen LogP contribution in [-0.2, 0) is 9.59 Å². The summed E-state index contributed by atoms with van der Waals surface area (Å²) < 4.78 is 0. The molecule has 74 valence electrons. The molecule has 0 aromatic carbocycles. The van der Waals surface area contributed by atoms with Crippen LogP contribution in [-0.4, -0.2) is 40.4 Å². The van der Waals surface area contributed by atoms with Gasteiger partial charge in [-0.25, -0.2) is 0 Å². The first-order valence-electron chi connectivity index (χ1n) is 3.69. The molecular formula is C6H7N5O2S. The second-order valence-corrected chi connectivity index (χ2v) is 2.97. The lowest BCUT2D eigenvalue weighted by Gasteiger charge is -2.31. The molecule has 1 aliphatic rings. The van der Waals surface area contributed by atoms with E-state index >= 15 is 0 Å². The van der Waals surface area contributed by atoms with Crippen molar-refractivity contribution in [3.63, 3.8) is 0 Å². The molecule has 1 heterocycles. The highest BCUT2D eigenvalue weighted by molar-refractivity contribution is 7.80. The first kappa shape index (κ1) is 10.4. The van der Waals surface area contributed by atoms with Crippen LogP contribution < -0.4 is 0 Å². The first-order valence-corrected chi connectivity index (χ1v) is 4.10. The van der Waals surface area contributed by atoms with Gasteiger partial charge in [0.25, 0.3) is 0 Å². The zero-order chi connectivity index (χ0) is 10.7. The highest BCUT2D eigenvalue weighted by Gasteiger charge is 2.31. The summed E-state index contributed by atoms with van der Waals surface area (Å²) in [5.74, 6) is -0.789. The fraction of sp³-hybridized carbons (Fsp3) is 0.500. The van der Waals surface area contributed by atoms with E-state index in [4.69, 9.17) is 17.7 Å². The predicted octanol–water partition coefficient (Wildman–Crippen LogP) is 0.230. The van der Waals surface area contributed by atoms with Crippen LogP contribution in [0.3, 0.4) is 0 Å². The van der Waals surface area contributed by atoms with Crippen molar-refractivity contribution in [3.05, 3.63) is 10.4 Å². The van der Waals surface area contributed by atoms with Crippen LogP contribution in [0.15, 0.2) is 5.11 Å². The molecule has 0 aliphatic carbocycles. The van der Waals surface area contributed by atoms with Gasteiger partial charge in [0.05, 0.1) is 0 Å². The predicted molar refractivity (Wildman–Crippen MR) is 50.8 cm³/mol. The summed E-state index contributed by atoms with van der Waals surface area (Å²) in [4.78, 5) is 27.2. The van der Waals surface area contributed by atoms with Gasteiger partial charge in [0.2, 0.25) is 11.8 Å². The third kappa shape index (κ3) is 1.81. The van der Waals surface area contributed by atoms with Crippen molar-refractivity contribution in [2.24, 2.45) is 5.11 Å². The zero-order valence-electron chi connectivity index (χ0n) is 7.38. The molecular weight excluding hydrogens is 206 g/mol. The molecule has 14 heavy (non-hydrogen) atoms. The molecule has 0 saturated carbocycles. The summed E-state index contributed by atoms with van der Waals surface area (Å²) in [6.45, 7) is -0.175. The SMILES string of the molecule is CN1C(=O)CC(=O)N(CN=[N+]=[N-])C1=S. The van der Waals surface area contributed by atoms with Gasteiger partial charge in [-0.1, -0.05) is 5.11 Å². The molecule has 2 amide bonds. The number of hydrogen-bond acceptors (Lipinski definition) is 4. The lowest BCUT2D eigenvalue weighted by atomic mass is 10.3. The molecule has 0 bridgehead atoms. The maximum Gasteiger partial charge on any atom is 0.238 e. The second kappa shape index (κ2) is 4.03. The Balaban J connectivity index is 2.84. The lowest BCUT2D eigenvalue weighted by molar-refractivity contribution is -0.139. The van der Waals surface area contributed by atoms with Gasteiger partial charge >= 0.3 is 0 Å². The van der Waals surface area contributed by atoms with Crippen LogP contribution >= 0.6 is 12.2 Å². The van der Waals surface area contributed by atoms with Crippen LogP contribution in [0, 0.1) is 0 Å². The van der Waals surface area contributed by atoms with Crippen LogP contribution in [0.1, 0.15) is 6.42 Å². The summed E-state index contributed by atoms with van der Waals surface area (Å²) in [5, 5.41) is 3.28. The molecule has 0 unspecified atom stereocenters. The molecule has 7 nitrogen and oxygen atoms in total. The maximum absolute atomic E-state index is 11.3. The molecule has 0 atom stereocenters. The van der Waals surface area contributed by atoms with Crippen molar-refractivity contribution in [2.45, 2.75) is 6.42 Å². The van der Waals surface area contributed by atoms with E-state index < -0.39 is 5.91 Å². The van der Waals surface area contributed by atoms with Gasteiger partial charge in [-0.3, -0.25) is 19.4 Å². The molecule has 0 N–H and O–H groups in total. The Morgan fingerprint density at radius 1 is 1.57 bits per heavy atom. The summed E-state index contributed by atoms with van der Waals surface area (Å²) in [7, 11) is 1.47. The van der Waals surface area contributed by atoms with Gasteiger partial charge in [0.1, 0.15) is 13.1 Å². The van der Waals surface area contributed by atoms with E-state index in [0.717, 1.165) is 4.90 Å². The second-order valence-electron chi connectivity index (χ2n) is 2.61. The van der Waals surface area contributed by atoms with Gasteiger partial charge in [-0.05, 0) is 17.7 Å². The summed E-state index contributed by atoms with van der Waals surface area (Å²) in [5.41, 5.74) is 8.08. The molecule has 1 fully saturated rings. The fourth-order valence-electron chi connectivity index (χ4n) is 0.969. The molecule has 0 aromatic rings. The summed E-state index contributed by atoms with van der Waals surface area (Å²) in [6.07, 6.45) is -0.239. The van der Waals surface area contributed by atoms with E-state index in [1.54, 1.807) is 0 Å². The Hall–Kier alpha value is -1.66. The molecule has 1 saturated heterocycles. The lowest BCUT2D eigenvalue weighted by Crippen LogP contribution is -2.53. The Labute approximate surface area is 84.9 Å². The monoisotopic (exact) mass is 213 g/mol. The van der Waals surface area contributed by atoms with Crippen LogP contribution in [0.5, 0.6) is 0 Å². The largest absolute Gasteiger partial charge is 0.292 e. The Morgan fingerprint density at radius 2 is 2.21 bits per heavy atom. The van der Waals surface area contributed by atoms with Crippen LogP contribution in [0.4, 0.5) is 0 Å². The number of carbonyl (C=O) groups excluding carboxylic acids is 2. The maximum atomic E-state index is 11.3. The minimum absolute atomic E-state index is 0.0682. The van der Waals surface area contributed by atoms with Crippen molar-refractivity contribution >= 4 is 29.1 Å². The van der Waals surface area contributed by atoms with Gasteiger partial charge in [0, 0.05) is 12.0 Å². The smallest absolute Gasteiger partial charge is 0.238 e. The minimum Gasteiger partial charge on any atom is -0.292 e. The molecule has 0 spiro atoms. The van der Waals surface area contributed by atoms with E-state index in [1.807, 2.05) is 0 Å².